The maximum Gasteiger partial charge on any atom is 0.0943 e. The number of piperidine rings is 1. The van der Waals surface area contributed by atoms with Crippen molar-refractivity contribution < 1.29 is 4.74 Å². The molecule has 45 heavy (non-hydrogen) atoms. The molecular weight excluding hydrogens is 560 g/mol. The van der Waals surface area contributed by atoms with Gasteiger partial charge in [0.2, 0.25) is 0 Å². The van der Waals surface area contributed by atoms with Gasteiger partial charge < -0.3 is 38.8 Å². The molecule has 0 atom stereocenters. The number of likely N-dealkylation sites (tertiary alicyclic amines) is 2. The average molecular weight is 645 g/mol. The van der Waals surface area contributed by atoms with E-state index in [0.29, 0.717) is 0 Å². The summed E-state index contributed by atoms with van der Waals surface area (Å²) in [6.07, 6.45) is 16.5. The lowest BCUT2D eigenvalue weighted by Gasteiger charge is -2.21. The second kappa shape index (κ2) is 38.4. The van der Waals surface area contributed by atoms with Crippen LogP contribution < -0.4 is 5.32 Å². The van der Waals surface area contributed by atoms with Gasteiger partial charge in [-0.15, -0.1) is 0 Å². The normalized spacial score (nSPS) is 17.6. The van der Waals surface area contributed by atoms with Crippen LogP contribution in [0.25, 0.3) is 0 Å². The zero-order chi connectivity index (χ0) is 28.6. The quantitative estimate of drug-likeness (QED) is 0.349. The number of nitrogens with zero attached hydrogens (tertiary/aromatic N) is 7. The maximum absolute atomic E-state index is 5.10. The predicted molar refractivity (Wildman–Crippen MR) is 206 cm³/mol. The number of aromatic nitrogens is 3. The molecule has 4 fully saturated rings. The molecule has 1 N–H and O–H groups in total. The summed E-state index contributed by atoms with van der Waals surface area (Å²) in [6.45, 7) is 14.0. The lowest BCUT2D eigenvalue weighted by Crippen LogP contribution is -2.40. The van der Waals surface area contributed by atoms with Gasteiger partial charge in [0.05, 0.1) is 19.5 Å². The summed E-state index contributed by atoms with van der Waals surface area (Å²) in [5.74, 6) is 0. The third kappa shape index (κ3) is 36.6. The van der Waals surface area contributed by atoms with Crippen LogP contribution in [0.2, 0.25) is 0 Å². The van der Waals surface area contributed by atoms with Crippen molar-refractivity contribution >= 4 is 0 Å². The van der Waals surface area contributed by atoms with Gasteiger partial charge in [0.25, 0.3) is 0 Å². The third-order valence-corrected chi connectivity index (χ3v) is 6.87. The van der Waals surface area contributed by atoms with Gasteiger partial charge in [0.1, 0.15) is 0 Å². The van der Waals surface area contributed by atoms with E-state index in [1.54, 1.807) is 12.5 Å². The number of rotatable bonds is 0. The van der Waals surface area contributed by atoms with Crippen LogP contribution in [0.1, 0.15) is 76.7 Å². The van der Waals surface area contributed by atoms with Crippen molar-refractivity contribution in [3.8, 4) is 0 Å². The van der Waals surface area contributed by atoms with Gasteiger partial charge in [0.15, 0.2) is 0 Å². The summed E-state index contributed by atoms with van der Waals surface area (Å²) in [4.78, 5) is 13.1. The molecule has 6 rings (SSSR count). The third-order valence-electron chi connectivity index (χ3n) is 6.87. The summed E-state index contributed by atoms with van der Waals surface area (Å²) in [7, 11) is 12.6. The summed E-state index contributed by atoms with van der Waals surface area (Å²) in [5, 5.41) is 3.27. The number of likely N-dealkylation sites (N-methyl/N-ethyl adjacent to an activating group) is 2. The maximum atomic E-state index is 5.10. The number of hydrogen-bond acceptors (Lipinski definition) is 7. The number of hydrogen-bond donors (Lipinski definition) is 1. The van der Waals surface area contributed by atoms with Crippen molar-refractivity contribution in [3.05, 3.63) is 43.2 Å². The molecule has 0 aromatic carbocycles. The highest BCUT2D eigenvalue weighted by Gasteiger charge is 2.04. The van der Waals surface area contributed by atoms with Crippen LogP contribution in [0, 0.1) is 0 Å². The number of nitrogens with one attached hydrogen (secondary N) is 1. The van der Waals surface area contributed by atoms with Crippen LogP contribution in [0.4, 0.5) is 0 Å². The van der Waals surface area contributed by atoms with Crippen molar-refractivity contribution in [3.63, 3.8) is 0 Å². The van der Waals surface area contributed by atoms with E-state index >= 15 is 0 Å². The van der Waals surface area contributed by atoms with Crippen molar-refractivity contribution in [1.82, 2.24) is 39.0 Å². The molecule has 4 saturated heterocycles. The molecule has 0 radical (unpaired) electrons. The number of piperazine rings is 1. The highest BCUT2D eigenvalue weighted by atomic mass is 16.5. The molecule has 0 unspecified atom stereocenters. The second-order valence-corrected chi connectivity index (χ2v) is 10.9. The monoisotopic (exact) mass is 645 g/mol. The summed E-state index contributed by atoms with van der Waals surface area (Å²) in [5.41, 5.74) is 0. The molecule has 6 heterocycles. The first kappa shape index (κ1) is 55.6. The highest BCUT2D eigenvalue weighted by Crippen LogP contribution is 2.04. The Kier molecular flexibility index (Phi) is 47.5. The van der Waals surface area contributed by atoms with E-state index < -0.39 is 0 Å². The molecule has 2 aromatic rings. The molecule has 9 heteroatoms. The van der Waals surface area contributed by atoms with Gasteiger partial charge in [-0.1, -0.05) is 51.0 Å². The average Bonchev–Trinajstić information content (AvgIpc) is 3.73. The topological polar surface area (TPSA) is 57.0 Å². The van der Waals surface area contributed by atoms with Gasteiger partial charge >= 0.3 is 0 Å². The molecule has 0 bridgehead atoms. The fraction of sp³-hybridized carbons (Fsp3) is 0.806. The highest BCUT2D eigenvalue weighted by molar-refractivity contribution is 4.88. The van der Waals surface area contributed by atoms with Crippen molar-refractivity contribution in [2.75, 3.05) is 107 Å². The van der Waals surface area contributed by atoms with E-state index in [1.165, 1.54) is 71.4 Å². The molecule has 0 spiro atoms. The summed E-state index contributed by atoms with van der Waals surface area (Å²) < 4.78 is 8.99. The fourth-order valence-corrected chi connectivity index (χ4v) is 4.10. The van der Waals surface area contributed by atoms with Crippen molar-refractivity contribution in [1.29, 1.82) is 0 Å². The van der Waals surface area contributed by atoms with E-state index in [-0.39, 0.29) is 44.6 Å². The Labute approximate surface area is 284 Å². The second-order valence-electron chi connectivity index (χ2n) is 10.9. The number of aryl methyl sites for hydroxylation is 2. The lowest BCUT2D eigenvalue weighted by molar-refractivity contribution is 0.0503. The SMILES string of the molecule is C.C.C.C.C.C.CN1CCCC1.CN1CCCCC1.CN1CCNCC1.CN1CCOCC1.Cn1cccc1.Cn1ccnc1. The lowest BCUT2D eigenvalue weighted by atomic mass is 10.1. The minimum Gasteiger partial charge on any atom is -0.379 e. The smallest absolute Gasteiger partial charge is 0.0943 e. The van der Waals surface area contributed by atoms with E-state index in [0.717, 1.165) is 39.4 Å². The van der Waals surface area contributed by atoms with Crippen LogP contribution in [0.15, 0.2) is 43.2 Å². The Bertz CT molecular complexity index is 648. The Morgan fingerprint density at radius 2 is 0.889 bits per heavy atom. The fourth-order valence-electron chi connectivity index (χ4n) is 4.10. The van der Waals surface area contributed by atoms with Gasteiger partial charge in [0, 0.05) is 78.2 Å². The first-order chi connectivity index (χ1) is 18.9. The van der Waals surface area contributed by atoms with Crippen LogP contribution in [0.3, 0.4) is 0 Å². The number of imidazole rings is 1. The molecule has 4 aliphatic heterocycles. The molecule has 4 aliphatic rings. The van der Waals surface area contributed by atoms with Gasteiger partial charge in [-0.25, -0.2) is 4.98 Å². The van der Waals surface area contributed by atoms with E-state index in [4.69, 9.17) is 4.74 Å². The van der Waals surface area contributed by atoms with Gasteiger partial charge in [-0.05, 0) is 92.2 Å². The number of ether oxygens (including phenoxy) is 1. The predicted octanol–water partition coefficient (Wildman–Crippen LogP) is 6.55. The molecule has 9 nitrogen and oxygen atoms in total. The Hall–Kier alpha value is -1.75. The Morgan fingerprint density at radius 1 is 0.489 bits per heavy atom. The minimum absolute atomic E-state index is 0. The van der Waals surface area contributed by atoms with Crippen LogP contribution in [-0.4, -0.2) is 141 Å². The van der Waals surface area contributed by atoms with E-state index in [9.17, 15) is 0 Å². The van der Waals surface area contributed by atoms with E-state index in [1.807, 2.05) is 54.0 Å². The summed E-state index contributed by atoms with van der Waals surface area (Å²) in [6, 6.07) is 4.00. The largest absolute Gasteiger partial charge is 0.379 e. The molecule has 274 valence electrons. The minimum atomic E-state index is 0. The molecule has 0 aliphatic carbocycles. The summed E-state index contributed by atoms with van der Waals surface area (Å²) >= 11 is 0. The van der Waals surface area contributed by atoms with Crippen molar-refractivity contribution in [2.45, 2.75) is 76.7 Å². The molecule has 0 amide bonds. The van der Waals surface area contributed by atoms with Gasteiger partial charge in [-0.3, -0.25) is 0 Å². The van der Waals surface area contributed by atoms with Crippen molar-refractivity contribution in [2.24, 2.45) is 14.1 Å². The Morgan fingerprint density at radius 3 is 1.07 bits per heavy atom. The first-order valence-corrected chi connectivity index (χ1v) is 14.9. The molecular formula is C36H84N8O. The van der Waals surface area contributed by atoms with E-state index in [2.05, 4.69) is 58.1 Å². The molecule has 0 saturated carbocycles. The van der Waals surface area contributed by atoms with Gasteiger partial charge in [-0.2, -0.15) is 0 Å². The Balaban J connectivity index is -0.0000000989. The number of morpholine rings is 1. The van der Waals surface area contributed by atoms with Crippen LogP contribution in [0.5, 0.6) is 0 Å². The first-order valence-electron chi connectivity index (χ1n) is 14.9. The zero-order valence-electron chi connectivity index (χ0n) is 26.1. The zero-order valence-corrected chi connectivity index (χ0v) is 26.1. The van der Waals surface area contributed by atoms with Crippen LogP contribution in [-0.2, 0) is 18.8 Å². The van der Waals surface area contributed by atoms with Crippen LogP contribution >= 0.6 is 0 Å². The molecule has 2 aromatic heterocycles. The standard InChI is InChI=1S/C6H13N.C5H12N2.C5H11NO.C5H11N.C5H7N.C4H6N2.6CH4/c1-7-5-3-2-4-6-7;1-7-4-2-6-3-5-7;1-6-2-4-7-5-3-6;2*1-6-4-2-3-5-6;1-6-3-2-5-4-6;;;;;;/h2-6H2,1H3;6H,2-5H2,1H3;2-5H2,1H3;2-5H2,1H3;2-5H,1H3;2-4H,1H3;6*1H4.